The smallest absolute Gasteiger partial charge is 0.244 e. The lowest BCUT2D eigenvalue weighted by Gasteiger charge is -2.37. The molecule has 1 aromatic carbocycles. The zero-order valence-corrected chi connectivity index (χ0v) is 18.6. The van der Waals surface area contributed by atoms with Crippen LogP contribution in [0.2, 0.25) is 0 Å². The molecule has 0 unspecified atom stereocenters. The minimum absolute atomic E-state index is 0.0680. The first-order valence-corrected chi connectivity index (χ1v) is 12.2. The van der Waals surface area contributed by atoms with Crippen LogP contribution in [0.3, 0.4) is 0 Å². The lowest BCUT2D eigenvalue weighted by atomic mass is 9.67. The maximum absolute atomic E-state index is 13.3. The third-order valence-electron chi connectivity index (χ3n) is 6.68. The predicted octanol–water partition coefficient (Wildman–Crippen LogP) is 2.98. The predicted molar refractivity (Wildman–Crippen MR) is 117 cm³/mol. The van der Waals surface area contributed by atoms with Gasteiger partial charge < -0.3 is 10.1 Å². The average molecular weight is 444 g/mol. The number of carbonyl (C=O) groups excluding carboxylic acids is 1. The fourth-order valence-electron chi connectivity index (χ4n) is 4.93. The van der Waals surface area contributed by atoms with Gasteiger partial charge in [0.05, 0.1) is 13.0 Å². The summed E-state index contributed by atoms with van der Waals surface area (Å²) in [6, 6.07) is 10.8. The highest BCUT2D eigenvalue weighted by Gasteiger charge is 2.53. The molecule has 1 spiro atoms. The number of amides is 1. The molecule has 2 fully saturated rings. The molecule has 1 aromatic heterocycles. The summed E-state index contributed by atoms with van der Waals surface area (Å²) < 4.78 is 33.1. The molecule has 1 saturated carbocycles. The molecular weight excluding hydrogens is 414 g/mol. The Morgan fingerprint density at radius 2 is 1.94 bits per heavy atom. The third-order valence-corrected chi connectivity index (χ3v) is 8.48. The molecule has 1 aliphatic heterocycles. The fourth-order valence-corrected chi connectivity index (χ4v) is 6.45. The highest BCUT2D eigenvalue weighted by Crippen LogP contribution is 2.48. The van der Waals surface area contributed by atoms with E-state index in [1.165, 1.54) is 10.5 Å². The summed E-state index contributed by atoms with van der Waals surface area (Å²) in [5, 5.41) is 3.05. The zero-order valence-electron chi connectivity index (χ0n) is 17.8. The molecule has 0 bridgehead atoms. The average Bonchev–Trinajstić information content (AvgIpc) is 3.18. The van der Waals surface area contributed by atoms with Crippen molar-refractivity contribution in [3.05, 3.63) is 54.4 Å². The minimum atomic E-state index is -3.68. The fraction of sp³-hybridized carbons (Fsp3) is 0.478. The van der Waals surface area contributed by atoms with Crippen molar-refractivity contribution in [3.8, 4) is 5.75 Å². The maximum Gasteiger partial charge on any atom is 0.244 e. The molecule has 1 saturated heterocycles. The molecule has 31 heavy (non-hydrogen) atoms. The van der Waals surface area contributed by atoms with E-state index in [1.54, 1.807) is 25.4 Å². The molecular formula is C23H29N3O4S. The van der Waals surface area contributed by atoms with Crippen molar-refractivity contribution in [2.45, 2.75) is 43.5 Å². The number of rotatable bonds is 6. The summed E-state index contributed by atoms with van der Waals surface area (Å²) in [6.07, 6.45) is 7.89. The van der Waals surface area contributed by atoms with Crippen molar-refractivity contribution < 1.29 is 17.9 Å². The van der Waals surface area contributed by atoms with Crippen LogP contribution in [0, 0.1) is 11.3 Å². The number of aromatic nitrogens is 1. The van der Waals surface area contributed by atoms with Gasteiger partial charge in [0.15, 0.2) is 0 Å². The SMILES string of the molecule is COc1ccc(CNC(=O)[C@@H]2CN(S(=O)(=O)c3cccnc3)CC23CCCCC3)cc1. The normalized spacial score (nSPS) is 21.1. The highest BCUT2D eigenvalue weighted by molar-refractivity contribution is 7.89. The van der Waals surface area contributed by atoms with E-state index >= 15 is 0 Å². The Kier molecular flexibility index (Phi) is 6.29. The first-order valence-electron chi connectivity index (χ1n) is 10.8. The molecule has 8 heteroatoms. The van der Waals surface area contributed by atoms with Crippen LogP contribution in [0.25, 0.3) is 0 Å². The van der Waals surface area contributed by atoms with Crippen molar-refractivity contribution >= 4 is 15.9 Å². The van der Waals surface area contributed by atoms with Gasteiger partial charge in [-0.25, -0.2) is 8.42 Å². The molecule has 1 amide bonds. The first-order chi connectivity index (χ1) is 14.9. The molecule has 1 atom stereocenters. The molecule has 7 nitrogen and oxygen atoms in total. The van der Waals surface area contributed by atoms with Crippen molar-refractivity contribution in [2.75, 3.05) is 20.2 Å². The molecule has 2 aliphatic rings. The van der Waals surface area contributed by atoms with Crippen LogP contribution in [0.5, 0.6) is 5.75 Å². The van der Waals surface area contributed by atoms with Crippen LogP contribution in [0.4, 0.5) is 0 Å². The standard InChI is InChI=1S/C23H29N3O4S/c1-30-19-9-7-18(8-10-19)14-25-22(27)21-16-26(17-23(21)11-3-2-4-12-23)31(28,29)20-6-5-13-24-15-20/h5-10,13,15,21H,2-4,11-12,14,16-17H2,1H3,(H,25,27)/t21-/m0/s1. The molecule has 1 aliphatic carbocycles. The van der Waals surface area contributed by atoms with Gasteiger partial charge in [-0.1, -0.05) is 31.4 Å². The van der Waals surface area contributed by atoms with Crippen LogP contribution in [0.15, 0.2) is 53.7 Å². The van der Waals surface area contributed by atoms with Gasteiger partial charge in [-0.05, 0) is 48.1 Å². The van der Waals surface area contributed by atoms with E-state index in [2.05, 4.69) is 10.3 Å². The number of sulfonamides is 1. The Labute approximate surface area is 183 Å². The largest absolute Gasteiger partial charge is 0.497 e. The van der Waals surface area contributed by atoms with Gasteiger partial charge in [0.2, 0.25) is 15.9 Å². The maximum atomic E-state index is 13.3. The lowest BCUT2D eigenvalue weighted by molar-refractivity contribution is -0.128. The second-order valence-electron chi connectivity index (χ2n) is 8.53. The van der Waals surface area contributed by atoms with E-state index in [1.807, 2.05) is 24.3 Å². The molecule has 166 valence electrons. The summed E-state index contributed by atoms with van der Waals surface area (Å²) in [5.74, 6) is 0.349. The van der Waals surface area contributed by atoms with E-state index in [0.717, 1.165) is 43.4 Å². The van der Waals surface area contributed by atoms with Gasteiger partial charge in [0.25, 0.3) is 0 Å². The summed E-state index contributed by atoms with van der Waals surface area (Å²) in [6.45, 7) is 1.02. The number of ether oxygens (including phenoxy) is 1. The van der Waals surface area contributed by atoms with Crippen molar-refractivity contribution in [1.29, 1.82) is 0 Å². The Morgan fingerprint density at radius 1 is 1.19 bits per heavy atom. The Morgan fingerprint density at radius 3 is 2.58 bits per heavy atom. The van der Waals surface area contributed by atoms with Crippen LogP contribution in [-0.4, -0.2) is 43.8 Å². The molecule has 2 aromatic rings. The number of hydrogen-bond donors (Lipinski definition) is 1. The van der Waals surface area contributed by atoms with Crippen LogP contribution in [0.1, 0.15) is 37.7 Å². The molecule has 1 N–H and O–H groups in total. The Balaban J connectivity index is 1.52. The van der Waals surface area contributed by atoms with Crippen molar-refractivity contribution in [3.63, 3.8) is 0 Å². The number of pyridine rings is 1. The Bertz CT molecular complexity index is 1000. The number of nitrogens with one attached hydrogen (secondary N) is 1. The van der Waals surface area contributed by atoms with Gasteiger partial charge in [-0.15, -0.1) is 0 Å². The number of hydrogen-bond acceptors (Lipinski definition) is 5. The number of methoxy groups -OCH3 is 1. The summed E-state index contributed by atoms with van der Waals surface area (Å²) in [4.78, 5) is 17.4. The van der Waals surface area contributed by atoms with Crippen molar-refractivity contribution in [2.24, 2.45) is 11.3 Å². The number of benzene rings is 1. The van der Waals surface area contributed by atoms with E-state index in [-0.39, 0.29) is 28.7 Å². The second-order valence-corrected chi connectivity index (χ2v) is 10.5. The second kappa shape index (κ2) is 8.96. The molecule has 4 rings (SSSR count). The lowest BCUT2D eigenvalue weighted by Crippen LogP contribution is -2.42. The summed E-state index contributed by atoms with van der Waals surface area (Å²) >= 11 is 0. The number of carbonyl (C=O) groups is 1. The summed E-state index contributed by atoms with van der Waals surface area (Å²) in [7, 11) is -2.06. The third kappa shape index (κ3) is 4.45. The van der Waals surface area contributed by atoms with Gasteiger partial charge >= 0.3 is 0 Å². The summed E-state index contributed by atoms with van der Waals surface area (Å²) in [5.41, 5.74) is 0.682. The van der Waals surface area contributed by atoms with Crippen LogP contribution >= 0.6 is 0 Å². The van der Waals surface area contributed by atoms with Crippen molar-refractivity contribution in [1.82, 2.24) is 14.6 Å². The Hall–Kier alpha value is -2.45. The minimum Gasteiger partial charge on any atom is -0.497 e. The van der Waals surface area contributed by atoms with Gasteiger partial charge in [-0.3, -0.25) is 9.78 Å². The monoisotopic (exact) mass is 443 g/mol. The van der Waals surface area contributed by atoms with Gasteiger partial charge in [-0.2, -0.15) is 4.31 Å². The van der Waals surface area contributed by atoms with Crippen LogP contribution < -0.4 is 10.1 Å². The van der Waals surface area contributed by atoms with Gasteiger partial charge in [0.1, 0.15) is 10.6 Å². The molecule has 2 heterocycles. The van der Waals surface area contributed by atoms with Crippen LogP contribution in [-0.2, 0) is 21.4 Å². The molecule has 0 radical (unpaired) electrons. The van der Waals surface area contributed by atoms with E-state index < -0.39 is 10.0 Å². The van der Waals surface area contributed by atoms with E-state index in [9.17, 15) is 13.2 Å². The quantitative estimate of drug-likeness (QED) is 0.742. The van der Waals surface area contributed by atoms with E-state index in [0.29, 0.717) is 13.1 Å². The zero-order chi connectivity index (χ0) is 21.9. The highest BCUT2D eigenvalue weighted by atomic mass is 32.2. The topological polar surface area (TPSA) is 88.6 Å². The number of nitrogens with zero attached hydrogens (tertiary/aromatic N) is 2. The van der Waals surface area contributed by atoms with Gasteiger partial charge in [0, 0.05) is 32.0 Å². The van der Waals surface area contributed by atoms with E-state index in [4.69, 9.17) is 4.74 Å². The first kappa shape index (κ1) is 21.8.